The molecule has 118 valence electrons. The summed E-state index contributed by atoms with van der Waals surface area (Å²) in [5, 5.41) is 5.76. The summed E-state index contributed by atoms with van der Waals surface area (Å²) in [7, 11) is 1.70. The lowest BCUT2D eigenvalue weighted by molar-refractivity contribution is 0.413. The number of methoxy groups -OCH3 is 1. The predicted octanol–water partition coefficient (Wildman–Crippen LogP) is 2.62. The Bertz CT molecular complexity index is 596. The number of ether oxygens (including phenoxy) is 1. The van der Waals surface area contributed by atoms with Crippen molar-refractivity contribution < 1.29 is 4.74 Å². The van der Waals surface area contributed by atoms with Crippen LogP contribution in [-0.2, 0) is 6.54 Å². The minimum atomic E-state index is 0.336. The second kappa shape index (κ2) is 7.24. The number of hydrazine groups is 1. The molecule has 0 radical (unpaired) electrons. The Balaban J connectivity index is 1.57. The van der Waals surface area contributed by atoms with Crippen molar-refractivity contribution in [2.24, 2.45) is 5.92 Å². The van der Waals surface area contributed by atoms with Gasteiger partial charge in [-0.2, -0.15) is 0 Å². The molecular weight excluding hydrogens is 294 g/mol. The number of aryl methyl sites for hydroxylation is 1. The molecule has 2 atom stereocenters. The van der Waals surface area contributed by atoms with E-state index in [1.54, 1.807) is 7.11 Å². The number of thiophene rings is 1. The van der Waals surface area contributed by atoms with Crippen molar-refractivity contribution in [3.8, 4) is 5.75 Å². The van der Waals surface area contributed by atoms with E-state index in [4.69, 9.17) is 4.74 Å². The maximum atomic E-state index is 5.23. The van der Waals surface area contributed by atoms with Gasteiger partial charge in [0.05, 0.1) is 13.2 Å². The third-order valence-electron chi connectivity index (χ3n) is 4.23. The number of rotatable bonds is 6. The number of nitrogens with one attached hydrogen (secondary N) is 3. The Morgan fingerprint density at radius 2 is 2.09 bits per heavy atom. The summed E-state index contributed by atoms with van der Waals surface area (Å²) in [5.41, 5.74) is 9.35. The van der Waals surface area contributed by atoms with Gasteiger partial charge in [0.25, 0.3) is 0 Å². The van der Waals surface area contributed by atoms with Gasteiger partial charge in [-0.1, -0.05) is 12.1 Å². The van der Waals surface area contributed by atoms with Crippen LogP contribution < -0.4 is 20.9 Å². The first-order chi connectivity index (χ1) is 10.8. The monoisotopic (exact) mass is 317 g/mol. The van der Waals surface area contributed by atoms with Crippen LogP contribution in [0.5, 0.6) is 5.75 Å². The van der Waals surface area contributed by atoms with Crippen LogP contribution >= 0.6 is 11.3 Å². The van der Waals surface area contributed by atoms with Crippen LogP contribution in [0.25, 0.3) is 0 Å². The van der Waals surface area contributed by atoms with Crippen molar-refractivity contribution >= 4 is 11.3 Å². The molecule has 0 spiro atoms. The highest BCUT2D eigenvalue weighted by atomic mass is 32.1. The van der Waals surface area contributed by atoms with E-state index in [2.05, 4.69) is 46.7 Å². The Labute approximate surface area is 135 Å². The van der Waals surface area contributed by atoms with Crippen molar-refractivity contribution in [3.05, 3.63) is 51.7 Å². The first kappa shape index (κ1) is 15.5. The SMILES string of the molecule is COc1ccc(C2NNCC2CNCc2sccc2C)cc1. The highest BCUT2D eigenvalue weighted by Crippen LogP contribution is 2.26. The van der Waals surface area contributed by atoms with E-state index >= 15 is 0 Å². The van der Waals surface area contributed by atoms with E-state index < -0.39 is 0 Å². The number of hydrogen-bond donors (Lipinski definition) is 3. The topological polar surface area (TPSA) is 45.3 Å². The van der Waals surface area contributed by atoms with Gasteiger partial charge in [0, 0.05) is 30.4 Å². The standard InChI is InChI=1S/C17H23N3OS/c1-12-7-8-22-16(12)11-18-9-14-10-19-20-17(14)13-3-5-15(21-2)6-4-13/h3-8,14,17-20H,9-11H2,1-2H3. The van der Waals surface area contributed by atoms with Crippen LogP contribution in [-0.4, -0.2) is 20.2 Å². The van der Waals surface area contributed by atoms with Crippen molar-refractivity contribution in [1.82, 2.24) is 16.2 Å². The molecule has 5 heteroatoms. The average Bonchev–Trinajstić information content (AvgIpc) is 3.17. The second-order valence-electron chi connectivity index (χ2n) is 5.69. The van der Waals surface area contributed by atoms with E-state index in [1.165, 1.54) is 16.0 Å². The van der Waals surface area contributed by atoms with Gasteiger partial charge in [-0.15, -0.1) is 11.3 Å². The minimum Gasteiger partial charge on any atom is -0.497 e. The molecule has 0 aliphatic carbocycles. The van der Waals surface area contributed by atoms with E-state index in [9.17, 15) is 0 Å². The lowest BCUT2D eigenvalue weighted by Crippen LogP contribution is -2.28. The summed E-state index contributed by atoms with van der Waals surface area (Å²) < 4.78 is 5.23. The largest absolute Gasteiger partial charge is 0.497 e. The smallest absolute Gasteiger partial charge is 0.118 e. The zero-order chi connectivity index (χ0) is 15.4. The zero-order valence-corrected chi connectivity index (χ0v) is 13.9. The molecule has 2 unspecified atom stereocenters. The normalized spacial score (nSPS) is 21.2. The van der Waals surface area contributed by atoms with Crippen LogP contribution in [0.3, 0.4) is 0 Å². The summed E-state index contributed by atoms with van der Waals surface area (Å²) in [6.07, 6.45) is 0. The fraction of sp³-hybridized carbons (Fsp3) is 0.412. The molecule has 1 aromatic heterocycles. The van der Waals surface area contributed by atoms with Gasteiger partial charge in [0.15, 0.2) is 0 Å². The van der Waals surface area contributed by atoms with Crippen molar-refractivity contribution in [2.75, 3.05) is 20.2 Å². The van der Waals surface area contributed by atoms with E-state index in [0.29, 0.717) is 12.0 Å². The molecule has 22 heavy (non-hydrogen) atoms. The lowest BCUT2D eigenvalue weighted by Gasteiger charge is -2.19. The Morgan fingerprint density at radius 1 is 1.27 bits per heavy atom. The van der Waals surface area contributed by atoms with Crippen LogP contribution in [0, 0.1) is 12.8 Å². The first-order valence-corrected chi connectivity index (χ1v) is 8.52. The predicted molar refractivity (Wildman–Crippen MR) is 91.1 cm³/mol. The molecule has 1 aliphatic rings. The van der Waals surface area contributed by atoms with Gasteiger partial charge < -0.3 is 10.1 Å². The zero-order valence-electron chi connectivity index (χ0n) is 13.1. The Hall–Kier alpha value is -1.40. The number of benzene rings is 1. The number of hydrogen-bond acceptors (Lipinski definition) is 5. The van der Waals surface area contributed by atoms with E-state index in [1.807, 2.05) is 23.5 Å². The molecule has 2 aromatic rings. The molecule has 1 saturated heterocycles. The lowest BCUT2D eigenvalue weighted by atomic mass is 9.95. The highest BCUT2D eigenvalue weighted by Gasteiger charge is 2.27. The maximum Gasteiger partial charge on any atom is 0.118 e. The second-order valence-corrected chi connectivity index (χ2v) is 6.69. The average molecular weight is 317 g/mol. The Kier molecular flexibility index (Phi) is 5.10. The minimum absolute atomic E-state index is 0.336. The molecule has 1 aliphatic heterocycles. The molecule has 1 aromatic carbocycles. The fourth-order valence-electron chi connectivity index (χ4n) is 2.85. The van der Waals surface area contributed by atoms with Crippen molar-refractivity contribution in [2.45, 2.75) is 19.5 Å². The molecule has 3 N–H and O–H groups in total. The molecule has 3 rings (SSSR count). The fourth-order valence-corrected chi connectivity index (χ4v) is 3.72. The summed E-state index contributed by atoms with van der Waals surface area (Å²) in [6, 6.07) is 10.8. The molecule has 0 bridgehead atoms. The third-order valence-corrected chi connectivity index (χ3v) is 5.25. The molecular formula is C17H23N3OS. The molecule has 1 fully saturated rings. The maximum absolute atomic E-state index is 5.23. The van der Waals surface area contributed by atoms with Gasteiger partial charge in [0.2, 0.25) is 0 Å². The summed E-state index contributed by atoms with van der Waals surface area (Å²) >= 11 is 1.83. The van der Waals surface area contributed by atoms with Gasteiger partial charge >= 0.3 is 0 Å². The van der Waals surface area contributed by atoms with Gasteiger partial charge in [-0.05, 0) is 41.6 Å². The summed E-state index contributed by atoms with van der Waals surface area (Å²) in [4.78, 5) is 1.43. The summed E-state index contributed by atoms with van der Waals surface area (Å²) in [5.74, 6) is 1.44. The van der Waals surface area contributed by atoms with Gasteiger partial charge in [0.1, 0.15) is 5.75 Å². The first-order valence-electron chi connectivity index (χ1n) is 7.64. The quantitative estimate of drug-likeness (QED) is 0.766. The van der Waals surface area contributed by atoms with Crippen LogP contribution in [0.15, 0.2) is 35.7 Å². The van der Waals surface area contributed by atoms with Crippen LogP contribution in [0.4, 0.5) is 0 Å². The van der Waals surface area contributed by atoms with E-state index in [-0.39, 0.29) is 0 Å². The van der Waals surface area contributed by atoms with Crippen LogP contribution in [0.2, 0.25) is 0 Å². The molecule has 0 amide bonds. The third kappa shape index (κ3) is 3.50. The Morgan fingerprint density at radius 3 is 2.77 bits per heavy atom. The molecule has 0 saturated carbocycles. The van der Waals surface area contributed by atoms with Gasteiger partial charge in [-0.3, -0.25) is 5.43 Å². The van der Waals surface area contributed by atoms with Crippen LogP contribution in [0.1, 0.15) is 22.0 Å². The highest BCUT2D eigenvalue weighted by molar-refractivity contribution is 7.10. The van der Waals surface area contributed by atoms with Crippen molar-refractivity contribution in [3.63, 3.8) is 0 Å². The molecule has 4 nitrogen and oxygen atoms in total. The molecule has 2 heterocycles. The summed E-state index contributed by atoms with van der Waals surface area (Å²) in [6.45, 7) is 5.10. The van der Waals surface area contributed by atoms with Crippen molar-refractivity contribution in [1.29, 1.82) is 0 Å². The van der Waals surface area contributed by atoms with E-state index in [0.717, 1.165) is 25.4 Å². The van der Waals surface area contributed by atoms with Gasteiger partial charge in [-0.25, -0.2) is 5.43 Å².